The molecular formula is C12H14ClNO. The van der Waals surface area contributed by atoms with E-state index in [1.54, 1.807) is 12.1 Å². The summed E-state index contributed by atoms with van der Waals surface area (Å²) >= 11 is 5.76. The first-order valence-corrected chi connectivity index (χ1v) is 5.16. The van der Waals surface area contributed by atoms with E-state index >= 15 is 0 Å². The molecule has 80 valence electrons. The van der Waals surface area contributed by atoms with E-state index in [4.69, 9.17) is 22.8 Å². The van der Waals surface area contributed by atoms with Gasteiger partial charge in [0, 0.05) is 11.6 Å². The van der Waals surface area contributed by atoms with Crippen LogP contribution in [0.5, 0.6) is 5.75 Å². The van der Waals surface area contributed by atoms with Crippen LogP contribution in [0, 0.1) is 12.3 Å². The van der Waals surface area contributed by atoms with Crippen LogP contribution in [-0.4, -0.2) is 19.2 Å². The molecule has 1 atom stereocenters. The molecule has 0 aliphatic rings. The lowest BCUT2D eigenvalue weighted by Crippen LogP contribution is -2.29. The van der Waals surface area contributed by atoms with Crippen LogP contribution in [0.1, 0.15) is 6.92 Å². The zero-order valence-corrected chi connectivity index (χ0v) is 9.42. The molecule has 1 aromatic rings. The Labute approximate surface area is 95.6 Å². The summed E-state index contributed by atoms with van der Waals surface area (Å²) in [6.45, 7) is 3.28. The zero-order chi connectivity index (χ0) is 11.1. The second-order valence-corrected chi connectivity index (χ2v) is 3.65. The third-order valence-corrected chi connectivity index (χ3v) is 2.06. The molecule has 3 heteroatoms. The predicted molar refractivity (Wildman–Crippen MR) is 63.2 cm³/mol. The van der Waals surface area contributed by atoms with Crippen molar-refractivity contribution in [1.82, 2.24) is 5.32 Å². The minimum atomic E-state index is 0.0829. The number of nitrogens with one attached hydrogen (secondary N) is 1. The van der Waals surface area contributed by atoms with Gasteiger partial charge < -0.3 is 10.1 Å². The number of halogens is 1. The lowest BCUT2D eigenvalue weighted by atomic mass is 10.3. The summed E-state index contributed by atoms with van der Waals surface area (Å²) in [7, 11) is 0. The first-order valence-electron chi connectivity index (χ1n) is 4.79. The van der Waals surface area contributed by atoms with Gasteiger partial charge in [0.25, 0.3) is 0 Å². The molecule has 2 nitrogen and oxygen atoms in total. The summed E-state index contributed by atoms with van der Waals surface area (Å²) < 4.78 is 5.63. The molecule has 0 heterocycles. The summed E-state index contributed by atoms with van der Waals surface area (Å²) in [6, 6.07) is 7.30. The minimum absolute atomic E-state index is 0.0829. The second-order valence-electron chi connectivity index (χ2n) is 3.22. The summed E-state index contributed by atoms with van der Waals surface area (Å²) in [5.74, 6) is 3.32. The lowest BCUT2D eigenvalue weighted by Gasteiger charge is -2.14. The van der Waals surface area contributed by atoms with E-state index in [0.717, 1.165) is 12.3 Å². The van der Waals surface area contributed by atoms with E-state index in [-0.39, 0.29) is 6.10 Å². The van der Waals surface area contributed by atoms with Crippen LogP contribution in [0.3, 0.4) is 0 Å². The molecule has 0 fully saturated rings. The number of hydrogen-bond donors (Lipinski definition) is 1. The van der Waals surface area contributed by atoms with Crippen molar-refractivity contribution in [2.24, 2.45) is 0 Å². The fourth-order valence-corrected chi connectivity index (χ4v) is 1.26. The lowest BCUT2D eigenvalue weighted by molar-refractivity contribution is 0.219. The van der Waals surface area contributed by atoms with Crippen molar-refractivity contribution in [3.05, 3.63) is 29.3 Å². The number of rotatable bonds is 5. The number of ether oxygens (including phenoxy) is 1. The highest BCUT2D eigenvalue weighted by Crippen LogP contribution is 2.16. The van der Waals surface area contributed by atoms with Gasteiger partial charge in [0.1, 0.15) is 11.9 Å². The van der Waals surface area contributed by atoms with Gasteiger partial charge in [-0.3, -0.25) is 0 Å². The van der Waals surface area contributed by atoms with Gasteiger partial charge in [0.05, 0.1) is 6.54 Å². The molecule has 0 spiro atoms. The van der Waals surface area contributed by atoms with Gasteiger partial charge in [0.2, 0.25) is 0 Å². The highest BCUT2D eigenvalue weighted by atomic mass is 35.5. The van der Waals surface area contributed by atoms with E-state index in [1.165, 1.54) is 0 Å². The van der Waals surface area contributed by atoms with Crippen LogP contribution in [-0.2, 0) is 0 Å². The highest BCUT2D eigenvalue weighted by Gasteiger charge is 2.02. The normalized spacial score (nSPS) is 11.8. The number of terminal acetylenes is 1. The molecule has 1 N–H and O–H groups in total. The molecule has 15 heavy (non-hydrogen) atoms. The van der Waals surface area contributed by atoms with E-state index in [2.05, 4.69) is 11.2 Å². The quantitative estimate of drug-likeness (QED) is 0.611. The van der Waals surface area contributed by atoms with Crippen LogP contribution in [0.25, 0.3) is 0 Å². The topological polar surface area (TPSA) is 21.3 Å². The Hall–Kier alpha value is -1.17. The Bertz CT molecular complexity index is 328. The molecule has 0 bridgehead atoms. The Kier molecular flexibility index (Phi) is 5.03. The van der Waals surface area contributed by atoms with E-state index in [0.29, 0.717) is 11.6 Å². The largest absolute Gasteiger partial charge is 0.489 e. The monoisotopic (exact) mass is 223 g/mol. The average Bonchev–Trinajstić information content (AvgIpc) is 2.22. The molecule has 0 aromatic heterocycles. The molecule has 0 amide bonds. The van der Waals surface area contributed by atoms with Gasteiger partial charge >= 0.3 is 0 Å². The van der Waals surface area contributed by atoms with Crippen LogP contribution >= 0.6 is 11.6 Å². The maximum absolute atomic E-state index is 5.76. The van der Waals surface area contributed by atoms with E-state index in [1.807, 2.05) is 19.1 Å². The van der Waals surface area contributed by atoms with Gasteiger partial charge in [-0.15, -0.1) is 6.42 Å². The maximum atomic E-state index is 5.76. The van der Waals surface area contributed by atoms with Crippen molar-refractivity contribution in [3.63, 3.8) is 0 Å². The Balaban J connectivity index is 2.34. The third-order valence-electron chi connectivity index (χ3n) is 1.81. The molecule has 0 saturated carbocycles. The summed E-state index contributed by atoms with van der Waals surface area (Å²) in [6.07, 6.45) is 5.20. The Morgan fingerprint density at radius 3 is 2.73 bits per heavy atom. The molecule has 0 saturated heterocycles. The highest BCUT2D eigenvalue weighted by molar-refractivity contribution is 6.30. The first-order chi connectivity index (χ1) is 7.22. The minimum Gasteiger partial charge on any atom is -0.489 e. The van der Waals surface area contributed by atoms with Gasteiger partial charge in [-0.1, -0.05) is 17.5 Å². The number of hydrogen-bond acceptors (Lipinski definition) is 2. The van der Waals surface area contributed by atoms with Crippen molar-refractivity contribution in [2.45, 2.75) is 13.0 Å². The smallest absolute Gasteiger partial charge is 0.119 e. The second kappa shape index (κ2) is 6.34. The molecule has 0 aliphatic heterocycles. The first kappa shape index (κ1) is 11.9. The molecule has 1 unspecified atom stereocenters. The summed E-state index contributed by atoms with van der Waals surface area (Å²) in [5.41, 5.74) is 0. The van der Waals surface area contributed by atoms with Gasteiger partial charge in [0.15, 0.2) is 0 Å². The van der Waals surface area contributed by atoms with Crippen LogP contribution in [0.2, 0.25) is 5.02 Å². The zero-order valence-electron chi connectivity index (χ0n) is 8.66. The Morgan fingerprint density at radius 1 is 1.47 bits per heavy atom. The van der Waals surface area contributed by atoms with Crippen molar-refractivity contribution in [3.8, 4) is 18.1 Å². The molecule has 0 radical (unpaired) electrons. The summed E-state index contributed by atoms with van der Waals surface area (Å²) in [5, 5.41) is 3.79. The fourth-order valence-electron chi connectivity index (χ4n) is 1.13. The molecule has 1 rings (SSSR count). The van der Waals surface area contributed by atoms with Crippen LogP contribution in [0.15, 0.2) is 24.3 Å². The van der Waals surface area contributed by atoms with Crippen LogP contribution < -0.4 is 10.1 Å². The molecule has 0 aliphatic carbocycles. The van der Waals surface area contributed by atoms with E-state index in [9.17, 15) is 0 Å². The Morgan fingerprint density at radius 2 is 2.13 bits per heavy atom. The average molecular weight is 224 g/mol. The number of benzene rings is 1. The predicted octanol–water partition coefficient (Wildman–Crippen LogP) is 2.33. The standard InChI is InChI=1S/C12H14ClNO/c1-3-8-14-9-10(2)15-12-6-4-11(13)5-7-12/h1,4-7,10,14H,8-9H2,2H3. The van der Waals surface area contributed by atoms with Gasteiger partial charge in [-0.25, -0.2) is 0 Å². The summed E-state index contributed by atoms with van der Waals surface area (Å²) in [4.78, 5) is 0. The van der Waals surface area contributed by atoms with Gasteiger partial charge in [-0.05, 0) is 31.2 Å². The SMILES string of the molecule is C#CCNCC(C)Oc1ccc(Cl)cc1. The molecule has 1 aromatic carbocycles. The van der Waals surface area contributed by atoms with Crippen LogP contribution in [0.4, 0.5) is 0 Å². The fraction of sp³-hybridized carbons (Fsp3) is 0.333. The van der Waals surface area contributed by atoms with Gasteiger partial charge in [-0.2, -0.15) is 0 Å². The van der Waals surface area contributed by atoms with E-state index < -0.39 is 0 Å². The van der Waals surface area contributed by atoms with Crippen molar-refractivity contribution < 1.29 is 4.74 Å². The van der Waals surface area contributed by atoms with Crippen molar-refractivity contribution >= 4 is 11.6 Å². The molecular weight excluding hydrogens is 210 g/mol. The van der Waals surface area contributed by atoms with Crippen molar-refractivity contribution in [2.75, 3.05) is 13.1 Å². The maximum Gasteiger partial charge on any atom is 0.119 e. The van der Waals surface area contributed by atoms with Crippen molar-refractivity contribution in [1.29, 1.82) is 0 Å². The third kappa shape index (κ3) is 4.73.